The average Bonchev–Trinajstić information content (AvgIpc) is 3.07. The summed E-state index contributed by atoms with van der Waals surface area (Å²) < 4.78 is 5.98. The monoisotopic (exact) mass is 328 g/mol. The number of ether oxygens (including phenoxy) is 1. The minimum Gasteiger partial charge on any atom is -0.489 e. The van der Waals surface area contributed by atoms with E-state index in [0.717, 1.165) is 16.9 Å². The quantitative estimate of drug-likeness (QED) is 0.719. The van der Waals surface area contributed by atoms with Crippen LogP contribution in [-0.4, -0.2) is 15.2 Å². The summed E-state index contributed by atoms with van der Waals surface area (Å²) in [7, 11) is 0. The van der Waals surface area contributed by atoms with E-state index in [0.29, 0.717) is 24.1 Å². The van der Waals surface area contributed by atoms with Gasteiger partial charge in [-0.3, -0.25) is 0 Å². The van der Waals surface area contributed by atoms with E-state index in [1.807, 2.05) is 30.3 Å². The van der Waals surface area contributed by atoms with Gasteiger partial charge < -0.3 is 10.1 Å². The van der Waals surface area contributed by atoms with E-state index in [1.54, 1.807) is 0 Å². The zero-order chi connectivity index (χ0) is 16.1. The molecule has 3 aromatic rings. The fourth-order valence-electron chi connectivity index (χ4n) is 2.22. The molecule has 1 aromatic heterocycles. The molecule has 23 heavy (non-hydrogen) atoms. The van der Waals surface area contributed by atoms with Crippen molar-refractivity contribution in [2.45, 2.75) is 20.1 Å². The van der Waals surface area contributed by atoms with Gasteiger partial charge in [0, 0.05) is 17.1 Å². The van der Waals surface area contributed by atoms with Gasteiger partial charge in [-0.1, -0.05) is 35.9 Å². The molecule has 0 fully saturated rings. The van der Waals surface area contributed by atoms with Gasteiger partial charge >= 0.3 is 0 Å². The normalized spacial score (nSPS) is 10.5. The van der Waals surface area contributed by atoms with Crippen molar-refractivity contribution in [2.24, 2.45) is 0 Å². The highest BCUT2D eigenvalue weighted by molar-refractivity contribution is 6.30. The molecule has 0 saturated carbocycles. The highest BCUT2D eigenvalue weighted by atomic mass is 35.5. The molecule has 2 aromatic carbocycles. The molecule has 3 rings (SSSR count). The number of hydrogen-bond donors (Lipinski definition) is 2. The molecular formula is C17H17ClN4O. The Bertz CT molecular complexity index is 774. The third-order valence-corrected chi connectivity index (χ3v) is 3.76. The lowest BCUT2D eigenvalue weighted by Gasteiger charge is -2.13. The number of hydrogen-bond acceptors (Lipinski definition) is 4. The van der Waals surface area contributed by atoms with Crippen LogP contribution in [0.2, 0.25) is 5.02 Å². The van der Waals surface area contributed by atoms with E-state index in [4.69, 9.17) is 16.3 Å². The summed E-state index contributed by atoms with van der Waals surface area (Å²) >= 11 is 6.10. The summed E-state index contributed by atoms with van der Waals surface area (Å²) in [5.74, 6) is 1.40. The Morgan fingerprint density at radius 2 is 2.04 bits per heavy atom. The number of H-pyrrole nitrogens is 1. The first kappa shape index (κ1) is 15.4. The zero-order valence-electron chi connectivity index (χ0n) is 12.7. The second-order valence-electron chi connectivity index (χ2n) is 5.15. The van der Waals surface area contributed by atoms with Gasteiger partial charge in [0.25, 0.3) is 0 Å². The largest absolute Gasteiger partial charge is 0.489 e. The summed E-state index contributed by atoms with van der Waals surface area (Å²) in [5.41, 5.74) is 3.34. The van der Waals surface area contributed by atoms with Gasteiger partial charge in [-0.25, -0.2) is 10.1 Å². The van der Waals surface area contributed by atoms with E-state index in [2.05, 4.69) is 39.6 Å². The number of nitrogens with one attached hydrogen (secondary N) is 2. The standard InChI is InChI=1S/C17H17ClN4O/c1-12-4-2-3-5-13(12)10-23-16-7-6-15(18)8-14(16)9-19-17-20-11-21-22-17/h2-8,11H,9-10H2,1H3,(H2,19,20,21,22). The SMILES string of the molecule is Cc1ccccc1COc1ccc(Cl)cc1CNc1ncn[nH]1. The van der Waals surface area contributed by atoms with Crippen molar-refractivity contribution in [3.8, 4) is 5.75 Å². The lowest BCUT2D eigenvalue weighted by molar-refractivity contribution is 0.302. The molecule has 0 bridgehead atoms. The van der Waals surface area contributed by atoms with Crippen LogP contribution in [0, 0.1) is 6.92 Å². The molecule has 0 aliphatic carbocycles. The van der Waals surface area contributed by atoms with Crippen LogP contribution in [-0.2, 0) is 13.2 Å². The maximum atomic E-state index is 6.10. The summed E-state index contributed by atoms with van der Waals surface area (Å²) in [4.78, 5) is 4.04. The van der Waals surface area contributed by atoms with Crippen molar-refractivity contribution in [2.75, 3.05) is 5.32 Å². The van der Waals surface area contributed by atoms with E-state index in [1.165, 1.54) is 11.9 Å². The highest BCUT2D eigenvalue weighted by Crippen LogP contribution is 2.25. The molecular weight excluding hydrogens is 312 g/mol. The molecule has 118 valence electrons. The van der Waals surface area contributed by atoms with Crippen LogP contribution in [0.4, 0.5) is 5.95 Å². The molecule has 0 atom stereocenters. The number of rotatable bonds is 6. The van der Waals surface area contributed by atoms with Gasteiger partial charge in [-0.2, -0.15) is 5.10 Å². The Labute approximate surface area is 139 Å². The minimum atomic E-state index is 0.517. The van der Waals surface area contributed by atoms with Gasteiger partial charge in [0.05, 0.1) is 0 Å². The van der Waals surface area contributed by atoms with Crippen LogP contribution in [0.25, 0.3) is 0 Å². The molecule has 2 N–H and O–H groups in total. The molecule has 5 nitrogen and oxygen atoms in total. The summed E-state index contributed by atoms with van der Waals surface area (Å²) in [6, 6.07) is 13.8. The van der Waals surface area contributed by atoms with Crippen molar-refractivity contribution in [3.05, 3.63) is 70.5 Å². The Balaban J connectivity index is 1.72. The molecule has 1 heterocycles. The topological polar surface area (TPSA) is 62.8 Å². The second-order valence-corrected chi connectivity index (χ2v) is 5.59. The number of aromatic amines is 1. The first-order valence-corrected chi connectivity index (χ1v) is 7.65. The molecule has 0 aliphatic rings. The van der Waals surface area contributed by atoms with Crippen molar-refractivity contribution >= 4 is 17.5 Å². The molecule has 6 heteroatoms. The van der Waals surface area contributed by atoms with Crippen molar-refractivity contribution < 1.29 is 4.74 Å². The predicted molar refractivity (Wildman–Crippen MR) is 90.7 cm³/mol. The first-order chi connectivity index (χ1) is 11.2. The third-order valence-electron chi connectivity index (χ3n) is 3.53. The van der Waals surface area contributed by atoms with Crippen LogP contribution in [0.15, 0.2) is 48.8 Å². The van der Waals surface area contributed by atoms with Crippen LogP contribution >= 0.6 is 11.6 Å². The van der Waals surface area contributed by atoms with E-state index >= 15 is 0 Å². The number of halogens is 1. The van der Waals surface area contributed by atoms with Crippen LogP contribution in [0.5, 0.6) is 5.75 Å². The van der Waals surface area contributed by atoms with Gasteiger partial charge in [-0.05, 0) is 36.2 Å². The summed E-state index contributed by atoms with van der Waals surface area (Å²) in [6.07, 6.45) is 1.45. The van der Waals surface area contributed by atoms with Crippen LogP contribution in [0.3, 0.4) is 0 Å². The molecule has 0 unspecified atom stereocenters. The predicted octanol–water partition coefficient (Wildman–Crippen LogP) is 3.96. The zero-order valence-corrected chi connectivity index (χ0v) is 13.5. The molecule has 0 amide bonds. The Morgan fingerprint density at radius 3 is 2.83 bits per heavy atom. The lowest BCUT2D eigenvalue weighted by atomic mass is 10.1. The molecule has 0 spiro atoms. The number of nitrogens with zero attached hydrogens (tertiary/aromatic N) is 2. The Kier molecular flexibility index (Phi) is 4.78. The number of aromatic nitrogens is 3. The van der Waals surface area contributed by atoms with Gasteiger partial charge in [-0.15, -0.1) is 0 Å². The highest BCUT2D eigenvalue weighted by Gasteiger charge is 2.07. The van der Waals surface area contributed by atoms with Crippen molar-refractivity contribution in [1.82, 2.24) is 15.2 Å². The van der Waals surface area contributed by atoms with Crippen molar-refractivity contribution in [1.29, 1.82) is 0 Å². The average molecular weight is 329 g/mol. The lowest BCUT2D eigenvalue weighted by Crippen LogP contribution is -2.05. The van der Waals surface area contributed by atoms with Gasteiger partial charge in [0.1, 0.15) is 18.7 Å². The van der Waals surface area contributed by atoms with Crippen LogP contribution < -0.4 is 10.1 Å². The number of benzene rings is 2. The minimum absolute atomic E-state index is 0.517. The van der Waals surface area contributed by atoms with Gasteiger partial charge in [0.15, 0.2) is 0 Å². The van der Waals surface area contributed by atoms with Gasteiger partial charge in [0.2, 0.25) is 5.95 Å². The summed E-state index contributed by atoms with van der Waals surface area (Å²) in [5, 5.41) is 10.4. The molecule has 0 saturated heterocycles. The first-order valence-electron chi connectivity index (χ1n) is 7.27. The third kappa shape index (κ3) is 4.02. The van der Waals surface area contributed by atoms with Crippen molar-refractivity contribution in [3.63, 3.8) is 0 Å². The maximum absolute atomic E-state index is 6.10. The van der Waals surface area contributed by atoms with E-state index in [9.17, 15) is 0 Å². The van der Waals surface area contributed by atoms with Crippen LogP contribution in [0.1, 0.15) is 16.7 Å². The second kappa shape index (κ2) is 7.15. The number of anilines is 1. The maximum Gasteiger partial charge on any atom is 0.218 e. The number of aryl methyl sites for hydroxylation is 1. The Morgan fingerprint density at radius 1 is 1.17 bits per heavy atom. The molecule has 0 radical (unpaired) electrons. The Hall–Kier alpha value is -2.53. The fourth-order valence-corrected chi connectivity index (χ4v) is 2.42. The fraction of sp³-hybridized carbons (Fsp3) is 0.176. The summed E-state index contributed by atoms with van der Waals surface area (Å²) in [6.45, 7) is 3.13. The van der Waals surface area contributed by atoms with E-state index in [-0.39, 0.29) is 0 Å². The molecule has 0 aliphatic heterocycles. The smallest absolute Gasteiger partial charge is 0.218 e. The van der Waals surface area contributed by atoms with E-state index < -0.39 is 0 Å².